The number of amides is 1. The van der Waals surface area contributed by atoms with Gasteiger partial charge in [-0.25, -0.2) is 15.0 Å². The number of aryl methyl sites for hydroxylation is 1. The van der Waals surface area contributed by atoms with Gasteiger partial charge in [0.2, 0.25) is 5.91 Å². The van der Waals surface area contributed by atoms with Gasteiger partial charge in [-0.2, -0.15) is 0 Å². The van der Waals surface area contributed by atoms with Crippen LogP contribution in [-0.4, -0.2) is 39.1 Å². The van der Waals surface area contributed by atoms with Crippen molar-refractivity contribution in [2.24, 2.45) is 7.05 Å². The molecule has 0 bridgehead atoms. The van der Waals surface area contributed by atoms with Crippen molar-refractivity contribution in [3.63, 3.8) is 0 Å². The summed E-state index contributed by atoms with van der Waals surface area (Å²) < 4.78 is 6.84. The first-order valence-electron chi connectivity index (χ1n) is 8.52. The third kappa shape index (κ3) is 3.29. The Hall–Kier alpha value is -2.84. The lowest BCUT2D eigenvalue weighted by Gasteiger charge is -2.14. The third-order valence-corrected chi connectivity index (χ3v) is 5.40. The zero-order chi connectivity index (χ0) is 19.0. The van der Waals surface area contributed by atoms with Crippen molar-refractivity contribution in [2.75, 3.05) is 13.7 Å². The number of methoxy groups -OCH3 is 1. The van der Waals surface area contributed by atoms with E-state index >= 15 is 0 Å². The highest BCUT2D eigenvalue weighted by Gasteiger charge is 2.15. The molecule has 0 saturated carbocycles. The second-order valence-corrected chi connectivity index (χ2v) is 7.35. The molecule has 1 amide bonds. The summed E-state index contributed by atoms with van der Waals surface area (Å²) in [5.74, 6) is -0.141. The zero-order valence-corrected chi connectivity index (χ0v) is 16.1. The van der Waals surface area contributed by atoms with Crippen LogP contribution in [0.15, 0.2) is 36.8 Å². The van der Waals surface area contributed by atoms with Gasteiger partial charge in [-0.1, -0.05) is 29.5 Å². The number of carbonyl (C=O) groups is 1. The van der Waals surface area contributed by atoms with E-state index in [4.69, 9.17) is 9.72 Å². The molecule has 8 heteroatoms. The molecule has 0 saturated heterocycles. The summed E-state index contributed by atoms with van der Waals surface area (Å²) in [6, 6.07) is 7.92. The number of rotatable bonds is 5. The lowest BCUT2D eigenvalue weighted by atomic mass is 10.1. The molecule has 138 valence electrons. The van der Waals surface area contributed by atoms with Gasteiger partial charge in [-0.05, 0) is 18.6 Å². The van der Waals surface area contributed by atoms with E-state index < -0.39 is 0 Å². The van der Waals surface area contributed by atoms with Crippen LogP contribution in [0.3, 0.4) is 0 Å². The van der Waals surface area contributed by atoms with Crippen molar-refractivity contribution in [1.82, 2.24) is 24.8 Å². The topological polar surface area (TPSA) is 81.9 Å². The average Bonchev–Trinajstić information content (AvgIpc) is 3.25. The number of carbonyl (C=O) groups excluding carboxylic acids is 1. The minimum atomic E-state index is -0.141. The van der Waals surface area contributed by atoms with Crippen LogP contribution in [-0.2, 0) is 16.6 Å². The lowest BCUT2D eigenvalue weighted by Crippen LogP contribution is -2.29. The van der Waals surface area contributed by atoms with Gasteiger partial charge in [0.05, 0.1) is 24.1 Å². The van der Waals surface area contributed by atoms with Crippen LogP contribution < -0.4 is 5.32 Å². The Labute approximate surface area is 160 Å². The first-order valence-corrected chi connectivity index (χ1v) is 9.33. The molecular weight excluding hydrogens is 362 g/mol. The summed E-state index contributed by atoms with van der Waals surface area (Å²) >= 11 is 1.55. The summed E-state index contributed by atoms with van der Waals surface area (Å²) in [5, 5.41) is 3.82. The molecule has 0 unspecified atom stereocenters. The molecule has 7 nitrogen and oxygen atoms in total. The lowest BCUT2D eigenvalue weighted by molar-refractivity contribution is -0.125. The average molecular weight is 381 g/mol. The van der Waals surface area contributed by atoms with E-state index in [1.807, 2.05) is 36.7 Å². The third-order valence-electron chi connectivity index (χ3n) is 4.39. The molecule has 27 heavy (non-hydrogen) atoms. The molecule has 0 fully saturated rings. The first-order chi connectivity index (χ1) is 13.1. The monoisotopic (exact) mass is 381 g/mol. The van der Waals surface area contributed by atoms with Crippen molar-refractivity contribution in [3.8, 4) is 10.6 Å². The molecule has 0 aliphatic carbocycles. The molecule has 1 N–H and O–H groups in total. The Kier molecular flexibility index (Phi) is 4.59. The summed E-state index contributed by atoms with van der Waals surface area (Å²) in [5.41, 5.74) is 4.69. The Bertz CT molecular complexity index is 1130. The Morgan fingerprint density at radius 1 is 1.37 bits per heavy atom. The fourth-order valence-electron chi connectivity index (χ4n) is 3.07. The number of ether oxygens (including phenoxy) is 1. The molecule has 0 radical (unpaired) electrons. The maximum atomic E-state index is 11.8. The van der Waals surface area contributed by atoms with Gasteiger partial charge in [-0.3, -0.25) is 4.79 Å². The predicted molar refractivity (Wildman–Crippen MR) is 106 cm³/mol. The summed E-state index contributed by atoms with van der Waals surface area (Å²) in [7, 11) is 3.46. The van der Waals surface area contributed by atoms with Crippen LogP contribution in [0.1, 0.15) is 18.5 Å². The number of hydrogen-bond acceptors (Lipinski definition) is 6. The van der Waals surface area contributed by atoms with E-state index in [2.05, 4.69) is 21.4 Å². The van der Waals surface area contributed by atoms with Gasteiger partial charge in [0.1, 0.15) is 27.5 Å². The van der Waals surface area contributed by atoms with Crippen molar-refractivity contribution in [3.05, 3.63) is 42.4 Å². The van der Waals surface area contributed by atoms with Crippen LogP contribution in [0, 0.1) is 0 Å². The predicted octanol–water partition coefficient (Wildman–Crippen LogP) is 3.07. The number of nitrogens with zero attached hydrogens (tertiary/aromatic N) is 4. The van der Waals surface area contributed by atoms with E-state index in [1.54, 1.807) is 23.9 Å². The molecule has 4 aromatic rings. The largest absolute Gasteiger partial charge is 0.375 e. The molecule has 0 aliphatic heterocycles. The van der Waals surface area contributed by atoms with Crippen LogP contribution in [0.5, 0.6) is 0 Å². The molecule has 0 aliphatic rings. The van der Waals surface area contributed by atoms with Crippen molar-refractivity contribution >= 4 is 38.6 Å². The number of aromatic nitrogens is 4. The quantitative estimate of drug-likeness (QED) is 0.574. The van der Waals surface area contributed by atoms with Gasteiger partial charge in [-0.15, -0.1) is 0 Å². The Balaban J connectivity index is 1.70. The highest BCUT2D eigenvalue weighted by molar-refractivity contribution is 7.21. The van der Waals surface area contributed by atoms with Crippen LogP contribution in [0.4, 0.5) is 0 Å². The van der Waals surface area contributed by atoms with Crippen LogP contribution in [0.25, 0.3) is 32.0 Å². The molecule has 3 aromatic heterocycles. The Morgan fingerprint density at radius 2 is 2.22 bits per heavy atom. The highest BCUT2D eigenvalue weighted by Crippen LogP contribution is 2.33. The van der Waals surface area contributed by atoms with Gasteiger partial charge in [0, 0.05) is 19.7 Å². The van der Waals surface area contributed by atoms with Crippen molar-refractivity contribution in [1.29, 1.82) is 0 Å². The fraction of sp³-hybridized carbons (Fsp3) is 0.263. The molecule has 3 heterocycles. The minimum Gasteiger partial charge on any atom is -0.375 e. The number of pyridine rings is 1. The molecular formula is C19H19N5O2S. The zero-order valence-electron chi connectivity index (χ0n) is 15.3. The minimum absolute atomic E-state index is 0.0499. The van der Waals surface area contributed by atoms with E-state index in [9.17, 15) is 4.79 Å². The molecule has 4 rings (SSSR count). The van der Waals surface area contributed by atoms with Crippen molar-refractivity contribution < 1.29 is 9.53 Å². The summed E-state index contributed by atoms with van der Waals surface area (Å²) in [6.45, 7) is 2.00. The van der Waals surface area contributed by atoms with E-state index in [-0.39, 0.29) is 18.6 Å². The second-order valence-electron chi connectivity index (χ2n) is 6.37. The maximum Gasteiger partial charge on any atom is 0.246 e. The van der Waals surface area contributed by atoms with E-state index in [1.165, 1.54) is 7.11 Å². The molecule has 1 aromatic carbocycles. The normalized spacial score (nSPS) is 12.6. The SMILES string of the molecule is COCC(=O)N[C@@H](C)c1cccc(-c2nc3c(ncc4ncn(C)c43)s2)c1. The number of hydrogen-bond donors (Lipinski definition) is 1. The highest BCUT2D eigenvalue weighted by atomic mass is 32.1. The van der Waals surface area contributed by atoms with Gasteiger partial charge >= 0.3 is 0 Å². The van der Waals surface area contributed by atoms with Gasteiger partial charge in [0.25, 0.3) is 0 Å². The Morgan fingerprint density at radius 3 is 3.04 bits per heavy atom. The fourth-order valence-corrected chi connectivity index (χ4v) is 3.98. The molecule has 1 atom stereocenters. The second kappa shape index (κ2) is 7.05. The number of benzene rings is 1. The van der Waals surface area contributed by atoms with Crippen molar-refractivity contribution in [2.45, 2.75) is 13.0 Å². The molecule has 0 spiro atoms. The standard InChI is InChI=1S/C19H19N5O2S/c1-11(22-15(25)9-26-3)12-5-4-6-13(7-12)18-23-16-17-14(21-10-24(17)2)8-20-19(16)27-18/h4-8,10-11H,9H2,1-3H3,(H,22,25)/t11-/m0/s1. The summed E-state index contributed by atoms with van der Waals surface area (Å²) in [6.07, 6.45) is 3.55. The van der Waals surface area contributed by atoms with Crippen LogP contribution in [0.2, 0.25) is 0 Å². The van der Waals surface area contributed by atoms with Gasteiger partial charge < -0.3 is 14.6 Å². The number of fused-ring (bicyclic) bond motifs is 3. The van der Waals surface area contributed by atoms with Crippen LogP contribution >= 0.6 is 11.3 Å². The maximum absolute atomic E-state index is 11.8. The number of nitrogens with one attached hydrogen (secondary N) is 1. The summed E-state index contributed by atoms with van der Waals surface area (Å²) in [4.78, 5) is 26.3. The van der Waals surface area contributed by atoms with E-state index in [0.717, 1.165) is 37.5 Å². The number of thiazole rings is 1. The smallest absolute Gasteiger partial charge is 0.246 e. The first kappa shape index (κ1) is 17.6. The van der Waals surface area contributed by atoms with Gasteiger partial charge in [0.15, 0.2) is 0 Å². The van der Waals surface area contributed by atoms with E-state index in [0.29, 0.717) is 0 Å². The number of imidazole rings is 1.